The Kier molecular flexibility index (Phi) is 4.27. The quantitative estimate of drug-likeness (QED) is 0.699. The fraction of sp³-hybridized carbons (Fsp3) is 0.211. The van der Waals surface area contributed by atoms with E-state index < -0.39 is 0 Å². The minimum Gasteiger partial charge on any atom is -0.313 e. The molecule has 1 aromatic heterocycles. The number of nitrogens with zero attached hydrogens (tertiary/aromatic N) is 1. The molecule has 2 heteroatoms. The van der Waals surface area contributed by atoms with Crippen LogP contribution in [0.15, 0.2) is 60.7 Å². The molecule has 0 aliphatic heterocycles. The van der Waals surface area contributed by atoms with E-state index in [1.165, 1.54) is 16.5 Å². The van der Waals surface area contributed by atoms with Crippen molar-refractivity contribution in [2.75, 3.05) is 6.54 Å². The van der Waals surface area contributed by atoms with E-state index in [0.717, 1.165) is 30.7 Å². The van der Waals surface area contributed by atoms with E-state index >= 15 is 0 Å². The Bertz CT molecular complexity index is 734. The molecule has 3 rings (SSSR count). The van der Waals surface area contributed by atoms with Gasteiger partial charge in [0, 0.05) is 17.5 Å². The first-order valence-corrected chi connectivity index (χ1v) is 7.52. The minimum absolute atomic E-state index is 0.912. The van der Waals surface area contributed by atoms with Crippen molar-refractivity contribution in [1.82, 2.24) is 10.3 Å². The third-order valence-electron chi connectivity index (χ3n) is 3.58. The topological polar surface area (TPSA) is 24.9 Å². The molecule has 0 saturated heterocycles. The molecule has 1 heterocycles. The second kappa shape index (κ2) is 6.51. The number of pyridine rings is 1. The molecule has 2 nitrogen and oxygen atoms in total. The van der Waals surface area contributed by atoms with Crippen molar-refractivity contribution in [3.63, 3.8) is 0 Å². The van der Waals surface area contributed by atoms with Crippen molar-refractivity contribution in [1.29, 1.82) is 0 Å². The first-order valence-electron chi connectivity index (χ1n) is 7.52. The van der Waals surface area contributed by atoms with Gasteiger partial charge in [0.1, 0.15) is 0 Å². The predicted molar refractivity (Wildman–Crippen MR) is 89.2 cm³/mol. The maximum absolute atomic E-state index is 4.76. The Hall–Kier alpha value is -2.19. The Labute approximate surface area is 125 Å². The van der Waals surface area contributed by atoms with Gasteiger partial charge >= 0.3 is 0 Å². The van der Waals surface area contributed by atoms with Crippen molar-refractivity contribution in [2.45, 2.75) is 19.9 Å². The Morgan fingerprint density at radius 2 is 1.86 bits per heavy atom. The highest BCUT2D eigenvalue weighted by Gasteiger charge is 2.02. The molecule has 0 amide bonds. The largest absolute Gasteiger partial charge is 0.313 e. The molecule has 0 saturated carbocycles. The van der Waals surface area contributed by atoms with Crippen LogP contribution >= 0.6 is 0 Å². The van der Waals surface area contributed by atoms with Gasteiger partial charge in [0.25, 0.3) is 0 Å². The summed E-state index contributed by atoms with van der Waals surface area (Å²) in [6.07, 6.45) is 1.16. The van der Waals surface area contributed by atoms with Gasteiger partial charge < -0.3 is 5.32 Å². The predicted octanol–water partition coefficient (Wildman–Crippen LogP) is 4.40. The summed E-state index contributed by atoms with van der Waals surface area (Å²) in [4.78, 5) is 4.76. The molecule has 0 aliphatic carbocycles. The second-order valence-electron chi connectivity index (χ2n) is 5.27. The van der Waals surface area contributed by atoms with Crippen molar-refractivity contribution in [3.8, 4) is 11.3 Å². The lowest BCUT2D eigenvalue weighted by atomic mass is 10.1. The first-order chi connectivity index (χ1) is 10.4. The van der Waals surface area contributed by atoms with Gasteiger partial charge in [0.2, 0.25) is 0 Å². The van der Waals surface area contributed by atoms with Gasteiger partial charge in [-0.25, -0.2) is 4.98 Å². The van der Waals surface area contributed by atoms with E-state index in [0.29, 0.717) is 0 Å². The lowest BCUT2D eigenvalue weighted by Crippen LogP contribution is -2.13. The lowest BCUT2D eigenvalue weighted by Gasteiger charge is -2.07. The average Bonchev–Trinajstić information content (AvgIpc) is 2.55. The van der Waals surface area contributed by atoms with E-state index in [-0.39, 0.29) is 0 Å². The number of hydrogen-bond acceptors (Lipinski definition) is 2. The number of aromatic nitrogens is 1. The van der Waals surface area contributed by atoms with Crippen LogP contribution in [-0.2, 0) is 6.54 Å². The van der Waals surface area contributed by atoms with Crippen molar-refractivity contribution in [3.05, 3.63) is 66.2 Å². The van der Waals surface area contributed by atoms with Crippen LogP contribution in [0.3, 0.4) is 0 Å². The highest BCUT2D eigenvalue weighted by Crippen LogP contribution is 2.21. The van der Waals surface area contributed by atoms with Crippen LogP contribution in [0.5, 0.6) is 0 Å². The summed E-state index contributed by atoms with van der Waals surface area (Å²) in [6, 6.07) is 21.1. The maximum atomic E-state index is 4.76. The number of benzene rings is 2. The van der Waals surface area contributed by atoms with Crippen LogP contribution in [0, 0.1) is 0 Å². The van der Waals surface area contributed by atoms with Crippen molar-refractivity contribution >= 4 is 10.9 Å². The summed E-state index contributed by atoms with van der Waals surface area (Å²) < 4.78 is 0. The fourth-order valence-electron chi connectivity index (χ4n) is 2.48. The molecule has 0 fully saturated rings. The number of fused-ring (bicyclic) bond motifs is 1. The number of rotatable bonds is 5. The van der Waals surface area contributed by atoms with Gasteiger partial charge in [-0.1, -0.05) is 49.4 Å². The highest BCUT2D eigenvalue weighted by atomic mass is 14.8. The van der Waals surface area contributed by atoms with Crippen LogP contribution in [-0.4, -0.2) is 11.5 Å². The molecule has 0 unspecified atom stereocenters. The molecular weight excluding hydrogens is 256 g/mol. The molecule has 0 radical (unpaired) electrons. The third kappa shape index (κ3) is 3.29. The molecule has 0 atom stereocenters. The Morgan fingerprint density at radius 1 is 0.952 bits per heavy atom. The minimum atomic E-state index is 0.912. The van der Waals surface area contributed by atoms with E-state index in [9.17, 15) is 0 Å². The molecular formula is C19H20N2. The van der Waals surface area contributed by atoms with Gasteiger partial charge in [-0.3, -0.25) is 0 Å². The average molecular weight is 276 g/mol. The molecule has 21 heavy (non-hydrogen) atoms. The number of para-hydroxylation sites is 1. The van der Waals surface area contributed by atoms with Crippen LogP contribution in [0.2, 0.25) is 0 Å². The van der Waals surface area contributed by atoms with Gasteiger partial charge in [-0.05, 0) is 36.7 Å². The third-order valence-corrected chi connectivity index (χ3v) is 3.58. The summed E-state index contributed by atoms with van der Waals surface area (Å²) in [7, 11) is 0. The summed E-state index contributed by atoms with van der Waals surface area (Å²) in [6.45, 7) is 4.15. The van der Waals surface area contributed by atoms with Gasteiger partial charge in [-0.15, -0.1) is 0 Å². The van der Waals surface area contributed by atoms with Gasteiger partial charge in [0.15, 0.2) is 0 Å². The standard InChI is InChI=1S/C19H20N2/c1-2-12-20-14-15-6-5-8-17(13-15)19-11-10-16-7-3-4-9-18(16)21-19/h3-11,13,20H,2,12,14H2,1H3. The first kappa shape index (κ1) is 13.8. The van der Waals surface area contributed by atoms with Crippen molar-refractivity contribution in [2.24, 2.45) is 0 Å². The Morgan fingerprint density at radius 3 is 2.76 bits per heavy atom. The fourth-order valence-corrected chi connectivity index (χ4v) is 2.48. The molecule has 2 aromatic carbocycles. The van der Waals surface area contributed by atoms with E-state index in [2.05, 4.69) is 60.8 Å². The summed E-state index contributed by atoms with van der Waals surface area (Å²) >= 11 is 0. The molecule has 0 aliphatic rings. The normalized spacial score (nSPS) is 10.9. The second-order valence-corrected chi connectivity index (χ2v) is 5.27. The number of hydrogen-bond donors (Lipinski definition) is 1. The van der Waals surface area contributed by atoms with Crippen LogP contribution in [0.1, 0.15) is 18.9 Å². The zero-order chi connectivity index (χ0) is 14.5. The Balaban J connectivity index is 1.89. The van der Waals surface area contributed by atoms with Gasteiger partial charge in [-0.2, -0.15) is 0 Å². The smallest absolute Gasteiger partial charge is 0.0709 e. The summed E-state index contributed by atoms with van der Waals surface area (Å²) in [5.41, 5.74) is 4.56. The molecule has 0 bridgehead atoms. The summed E-state index contributed by atoms with van der Waals surface area (Å²) in [5, 5.41) is 4.62. The number of nitrogens with one attached hydrogen (secondary N) is 1. The van der Waals surface area contributed by atoms with Crippen LogP contribution < -0.4 is 5.32 Å². The van der Waals surface area contributed by atoms with Crippen LogP contribution in [0.4, 0.5) is 0 Å². The SMILES string of the molecule is CCCNCc1cccc(-c2ccc3ccccc3n2)c1. The molecule has 0 spiro atoms. The lowest BCUT2D eigenvalue weighted by molar-refractivity contribution is 0.675. The highest BCUT2D eigenvalue weighted by molar-refractivity contribution is 5.81. The monoisotopic (exact) mass is 276 g/mol. The zero-order valence-electron chi connectivity index (χ0n) is 12.3. The summed E-state index contributed by atoms with van der Waals surface area (Å²) in [5.74, 6) is 0. The molecule has 1 N–H and O–H groups in total. The zero-order valence-corrected chi connectivity index (χ0v) is 12.3. The molecule has 106 valence electrons. The maximum Gasteiger partial charge on any atom is 0.0709 e. The van der Waals surface area contributed by atoms with Crippen LogP contribution in [0.25, 0.3) is 22.2 Å². The van der Waals surface area contributed by atoms with E-state index in [4.69, 9.17) is 4.98 Å². The van der Waals surface area contributed by atoms with Crippen molar-refractivity contribution < 1.29 is 0 Å². The van der Waals surface area contributed by atoms with E-state index in [1.807, 2.05) is 12.1 Å². The van der Waals surface area contributed by atoms with E-state index in [1.54, 1.807) is 0 Å². The molecule has 3 aromatic rings. The van der Waals surface area contributed by atoms with Gasteiger partial charge in [0.05, 0.1) is 11.2 Å².